The first kappa shape index (κ1) is 20.8. The molecule has 5 nitrogen and oxygen atoms in total. The highest BCUT2D eigenvalue weighted by Gasteiger charge is 2.21. The normalized spacial score (nSPS) is 17.2. The fourth-order valence-corrected chi connectivity index (χ4v) is 3.30. The summed E-state index contributed by atoms with van der Waals surface area (Å²) < 4.78 is 12.1. The number of aliphatic hydroxyl groups excluding tert-OH is 1. The van der Waals surface area contributed by atoms with Crippen LogP contribution in [0.5, 0.6) is 5.75 Å². The molecular weight excluding hydrogens is 445 g/mol. The molecule has 0 saturated heterocycles. The minimum absolute atomic E-state index is 0.0998. The molecule has 0 heterocycles. The van der Waals surface area contributed by atoms with Crippen LogP contribution >= 0.6 is 22.6 Å². The van der Waals surface area contributed by atoms with Gasteiger partial charge in [-0.05, 0) is 76.3 Å². The Hall–Kier alpha value is -1.54. The number of hydrogen-bond acceptors (Lipinski definition) is 4. The third kappa shape index (κ3) is 6.99. The van der Waals surface area contributed by atoms with Crippen LogP contribution in [0, 0.1) is 0 Å². The predicted octanol–water partition coefficient (Wildman–Crippen LogP) is 4.45. The molecule has 0 spiro atoms. The van der Waals surface area contributed by atoms with Crippen molar-refractivity contribution in [1.82, 2.24) is 5.32 Å². The van der Waals surface area contributed by atoms with Gasteiger partial charge in [-0.1, -0.05) is 18.2 Å². The maximum absolute atomic E-state index is 12.0. The van der Waals surface area contributed by atoms with E-state index in [0.29, 0.717) is 13.0 Å². The van der Waals surface area contributed by atoms with Crippen LogP contribution in [0.15, 0.2) is 40.0 Å². The molecule has 0 aromatic heterocycles. The van der Waals surface area contributed by atoms with Crippen LogP contribution in [0.4, 0.5) is 4.79 Å². The predicted molar refractivity (Wildman–Crippen MR) is 111 cm³/mol. The van der Waals surface area contributed by atoms with E-state index in [4.69, 9.17) is 14.6 Å². The lowest BCUT2D eigenvalue weighted by molar-refractivity contribution is 0.0515. The van der Waals surface area contributed by atoms with Gasteiger partial charge in [-0.2, -0.15) is 0 Å². The van der Waals surface area contributed by atoms with Crippen molar-refractivity contribution in [3.05, 3.63) is 45.6 Å². The summed E-state index contributed by atoms with van der Waals surface area (Å²) in [7, 11) is 0. The molecular formula is C20H26INO4. The Morgan fingerprint density at radius 2 is 2.00 bits per heavy atom. The van der Waals surface area contributed by atoms with Crippen molar-refractivity contribution < 1.29 is 19.4 Å². The molecule has 1 atom stereocenters. The summed E-state index contributed by atoms with van der Waals surface area (Å²) in [6.45, 7) is 6.17. The first-order valence-corrected chi connectivity index (χ1v) is 9.76. The van der Waals surface area contributed by atoms with E-state index in [9.17, 15) is 4.79 Å². The van der Waals surface area contributed by atoms with Gasteiger partial charge < -0.3 is 19.9 Å². The Bertz CT molecular complexity index is 674. The zero-order valence-electron chi connectivity index (χ0n) is 15.4. The zero-order chi connectivity index (χ0) is 19.2. The van der Waals surface area contributed by atoms with Crippen molar-refractivity contribution >= 4 is 34.3 Å². The van der Waals surface area contributed by atoms with Crippen molar-refractivity contribution in [2.24, 2.45) is 0 Å². The van der Waals surface area contributed by atoms with Crippen LogP contribution in [0.2, 0.25) is 0 Å². The smallest absolute Gasteiger partial charge is 0.408 e. The molecule has 26 heavy (non-hydrogen) atoms. The van der Waals surface area contributed by atoms with Crippen molar-refractivity contribution in [3.8, 4) is 5.75 Å². The van der Waals surface area contributed by atoms with E-state index >= 15 is 0 Å². The summed E-state index contributed by atoms with van der Waals surface area (Å²) in [5.41, 5.74) is 1.60. The first-order chi connectivity index (χ1) is 12.3. The molecule has 1 aliphatic carbocycles. The first-order valence-electron chi connectivity index (χ1n) is 8.68. The van der Waals surface area contributed by atoms with Gasteiger partial charge in [0.05, 0.1) is 12.6 Å². The minimum Gasteiger partial charge on any atom is -0.494 e. The number of rotatable bonds is 6. The topological polar surface area (TPSA) is 67.8 Å². The van der Waals surface area contributed by atoms with Gasteiger partial charge in [0.2, 0.25) is 0 Å². The van der Waals surface area contributed by atoms with E-state index in [1.807, 2.05) is 51.1 Å². The lowest BCUT2D eigenvalue weighted by Crippen LogP contribution is -2.38. The van der Waals surface area contributed by atoms with Gasteiger partial charge in [0.25, 0.3) is 0 Å². The second kappa shape index (κ2) is 9.41. The molecule has 142 valence electrons. The maximum Gasteiger partial charge on any atom is 0.408 e. The van der Waals surface area contributed by atoms with Crippen LogP contribution in [0.3, 0.4) is 0 Å². The number of benzene rings is 1. The standard InChI is InChI=1S/C20H26INO4/c1-20(2,3)26-19(24)22-17-12-15(11-16(21)13-17)14-5-7-18(8-6-14)25-10-4-9-23/h5-8,11-12,17,23H,4,9-10,13H2,1-3H3,(H,22,24). The number of aliphatic hydroxyl groups is 1. The van der Waals surface area contributed by atoms with Crippen molar-refractivity contribution in [2.45, 2.75) is 45.3 Å². The highest BCUT2D eigenvalue weighted by atomic mass is 127. The second-order valence-corrected chi connectivity index (χ2v) is 8.51. The minimum atomic E-state index is -0.514. The molecule has 1 unspecified atom stereocenters. The van der Waals surface area contributed by atoms with Gasteiger partial charge in [0.1, 0.15) is 11.4 Å². The Morgan fingerprint density at radius 3 is 2.62 bits per heavy atom. The second-order valence-electron chi connectivity index (χ2n) is 7.12. The fourth-order valence-electron chi connectivity index (χ4n) is 2.49. The van der Waals surface area contributed by atoms with Crippen LogP contribution in [0.25, 0.3) is 5.57 Å². The molecule has 1 aromatic carbocycles. The molecule has 1 amide bonds. The lowest BCUT2D eigenvalue weighted by atomic mass is 9.97. The molecule has 1 aliphatic rings. The summed E-state index contributed by atoms with van der Waals surface area (Å²) >= 11 is 2.30. The third-order valence-electron chi connectivity index (χ3n) is 3.57. The average Bonchev–Trinajstić information content (AvgIpc) is 2.53. The summed E-state index contributed by atoms with van der Waals surface area (Å²) in [5.74, 6) is 0.778. The van der Waals surface area contributed by atoms with E-state index in [0.717, 1.165) is 23.3 Å². The van der Waals surface area contributed by atoms with E-state index in [1.165, 1.54) is 3.58 Å². The van der Waals surface area contributed by atoms with Crippen molar-refractivity contribution in [2.75, 3.05) is 13.2 Å². The number of hydrogen-bond donors (Lipinski definition) is 2. The molecule has 2 rings (SSSR count). The largest absolute Gasteiger partial charge is 0.494 e. The van der Waals surface area contributed by atoms with E-state index in [2.05, 4.69) is 34.0 Å². The molecule has 0 radical (unpaired) electrons. The molecule has 6 heteroatoms. The number of carbonyl (C=O) groups excluding carboxylic acids is 1. The quantitative estimate of drug-likeness (QED) is 0.476. The van der Waals surface area contributed by atoms with Gasteiger partial charge in [0.15, 0.2) is 0 Å². The molecule has 0 bridgehead atoms. The maximum atomic E-state index is 12.0. The molecule has 0 fully saturated rings. The van der Waals surface area contributed by atoms with Gasteiger partial charge in [-0.25, -0.2) is 4.79 Å². The molecule has 1 aromatic rings. The number of nitrogens with one attached hydrogen (secondary N) is 1. The molecule has 0 saturated carbocycles. The zero-order valence-corrected chi connectivity index (χ0v) is 17.6. The van der Waals surface area contributed by atoms with Crippen LogP contribution < -0.4 is 10.1 Å². The van der Waals surface area contributed by atoms with E-state index in [1.54, 1.807) is 0 Å². The number of halogens is 1. The number of alkyl carbamates (subject to hydrolysis) is 1. The number of carbonyl (C=O) groups is 1. The van der Waals surface area contributed by atoms with Crippen molar-refractivity contribution in [1.29, 1.82) is 0 Å². The Kier molecular flexibility index (Phi) is 7.52. The Balaban J connectivity index is 2.04. The highest BCUT2D eigenvalue weighted by molar-refractivity contribution is 14.1. The molecule has 0 aliphatic heterocycles. The van der Waals surface area contributed by atoms with Crippen LogP contribution in [0.1, 0.15) is 39.2 Å². The number of amides is 1. The lowest BCUT2D eigenvalue weighted by Gasteiger charge is -2.24. The van der Waals surface area contributed by atoms with Crippen molar-refractivity contribution in [3.63, 3.8) is 0 Å². The van der Waals surface area contributed by atoms with E-state index < -0.39 is 11.7 Å². The van der Waals surface area contributed by atoms with Crippen LogP contribution in [-0.2, 0) is 4.74 Å². The number of allylic oxidation sites excluding steroid dienone is 2. The summed E-state index contributed by atoms with van der Waals surface area (Å²) in [5, 5.41) is 11.7. The summed E-state index contributed by atoms with van der Waals surface area (Å²) in [6.07, 6.45) is 5.14. The van der Waals surface area contributed by atoms with Gasteiger partial charge in [0, 0.05) is 19.4 Å². The Morgan fingerprint density at radius 1 is 1.31 bits per heavy atom. The van der Waals surface area contributed by atoms with E-state index in [-0.39, 0.29) is 12.6 Å². The highest BCUT2D eigenvalue weighted by Crippen LogP contribution is 2.30. The molecule has 2 N–H and O–H groups in total. The van der Waals surface area contributed by atoms with Gasteiger partial charge in [-0.3, -0.25) is 0 Å². The SMILES string of the molecule is CC(C)(C)OC(=O)NC1C=C(c2ccc(OCCCO)cc2)C=C(I)C1. The number of ether oxygens (including phenoxy) is 2. The summed E-state index contributed by atoms with van der Waals surface area (Å²) in [6, 6.07) is 7.72. The van der Waals surface area contributed by atoms with Gasteiger partial charge >= 0.3 is 6.09 Å². The average molecular weight is 471 g/mol. The summed E-state index contributed by atoms with van der Waals surface area (Å²) in [4.78, 5) is 12.0. The fraction of sp³-hybridized carbons (Fsp3) is 0.450. The monoisotopic (exact) mass is 471 g/mol. The third-order valence-corrected chi connectivity index (χ3v) is 4.32. The van der Waals surface area contributed by atoms with Crippen LogP contribution in [-0.4, -0.2) is 36.1 Å². The Labute approximate surface area is 168 Å². The van der Waals surface area contributed by atoms with Gasteiger partial charge in [-0.15, -0.1) is 0 Å².